The summed E-state index contributed by atoms with van der Waals surface area (Å²) in [6, 6.07) is 13.0. The van der Waals surface area contributed by atoms with Gasteiger partial charge in [-0.1, -0.05) is 24.3 Å². The summed E-state index contributed by atoms with van der Waals surface area (Å²) in [7, 11) is 2.63. The monoisotopic (exact) mass is 452 g/mol. The highest BCUT2D eigenvalue weighted by molar-refractivity contribution is 7.83. The lowest BCUT2D eigenvalue weighted by atomic mass is 10.0. The zero-order chi connectivity index (χ0) is 23.1. The third-order valence-electron chi connectivity index (χ3n) is 4.71. The van der Waals surface area contributed by atoms with E-state index < -0.39 is 11.0 Å². The van der Waals surface area contributed by atoms with E-state index in [1.54, 1.807) is 24.5 Å². The summed E-state index contributed by atoms with van der Waals surface area (Å²) in [5, 5.41) is 5.94. The van der Waals surface area contributed by atoms with Gasteiger partial charge in [-0.05, 0) is 57.3 Å². The molecule has 1 amide bonds. The number of anilines is 3. The van der Waals surface area contributed by atoms with Gasteiger partial charge in [-0.15, -0.1) is 0 Å². The van der Waals surface area contributed by atoms with E-state index in [1.165, 1.54) is 0 Å². The Morgan fingerprint density at radius 3 is 2.31 bits per heavy atom. The summed E-state index contributed by atoms with van der Waals surface area (Å²) in [6.45, 7) is 5.23. The van der Waals surface area contributed by atoms with Crippen molar-refractivity contribution in [2.45, 2.75) is 18.7 Å². The van der Waals surface area contributed by atoms with Crippen molar-refractivity contribution in [3.8, 4) is 0 Å². The van der Waals surface area contributed by atoms with E-state index in [1.807, 2.05) is 63.2 Å². The normalized spacial score (nSPS) is 11.9. The molecule has 3 N–H and O–H groups in total. The number of aryl methyl sites for hydroxylation is 2. The van der Waals surface area contributed by atoms with Crippen LogP contribution in [0.15, 0.2) is 59.8 Å². The van der Waals surface area contributed by atoms with Crippen molar-refractivity contribution in [3.63, 3.8) is 0 Å². The van der Waals surface area contributed by atoms with Crippen LogP contribution in [-0.4, -0.2) is 52.2 Å². The van der Waals surface area contributed by atoms with E-state index in [0.29, 0.717) is 28.6 Å². The molecule has 2 aromatic carbocycles. The number of likely N-dealkylation sites (N-methyl/N-ethyl adjacent to an activating group) is 1. The van der Waals surface area contributed by atoms with E-state index in [4.69, 9.17) is 0 Å². The fraction of sp³-hybridized carbons (Fsp3) is 0.261. The lowest BCUT2D eigenvalue weighted by Crippen LogP contribution is -2.27. The Morgan fingerprint density at radius 2 is 1.66 bits per heavy atom. The maximum atomic E-state index is 12.6. The Morgan fingerprint density at radius 1 is 1.00 bits per heavy atom. The summed E-state index contributed by atoms with van der Waals surface area (Å²) in [4.78, 5) is 23.9. The average Bonchev–Trinajstić information content (AvgIpc) is 2.75. The lowest BCUT2D eigenvalue weighted by Gasteiger charge is -2.11. The average molecular weight is 453 g/mol. The molecule has 32 heavy (non-hydrogen) atoms. The Bertz CT molecular complexity index is 1080. The van der Waals surface area contributed by atoms with Crippen molar-refractivity contribution >= 4 is 34.2 Å². The number of amides is 1. The van der Waals surface area contributed by atoms with Gasteiger partial charge >= 0.3 is 0 Å². The molecule has 0 spiro atoms. The summed E-state index contributed by atoms with van der Waals surface area (Å²) in [6.07, 6.45) is 3.09. The summed E-state index contributed by atoms with van der Waals surface area (Å²) in [5.41, 5.74) is 3.70. The Balaban J connectivity index is 1.62. The second-order valence-electron chi connectivity index (χ2n) is 7.64. The predicted molar refractivity (Wildman–Crippen MR) is 129 cm³/mol. The van der Waals surface area contributed by atoms with Gasteiger partial charge in [0.2, 0.25) is 5.95 Å². The van der Waals surface area contributed by atoms with Gasteiger partial charge in [-0.3, -0.25) is 4.79 Å². The second kappa shape index (κ2) is 10.9. The van der Waals surface area contributed by atoms with Crippen LogP contribution in [0.4, 0.5) is 17.3 Å². The number of carbonyl (C=O) groups excluding carboxylic acids is 1. The first-order valence-corrected chi connectivity index (χ1v) is 11.3. The van der Waals surface area contributed by atoms with Gasteiger partial charge in [0.15, 0.2) is 0 Å². The van der Waals surface area contributed by atoms with Gasteiger partial charge in [-0.2, -0.15) is 0 Å². The Hall–Kier alpha value is -3.14. The zero-order valence-corrected chi connectivity index (χ0v) is 19.5. The van der Waals surface area contributed by atoms with Crippen LogP contribution in [0.1, 0.15) is 21.5 Å². The predicted octanol–water partition coefficient (Wildman–Crippen LogP) is 3.26. The third-order valence-corrected chi connectivity index (χ3v) is 5.86. The smallest absolute Gasteiger partial charge is 0.256 e. The van der Waals surface area contributed by atoms with Crippen LogP contribution in [0.5, 0.6) is 0 Å². The number of rotatable bonds is 9. The maximum absolute atomic E-state index is 12.6. The first-order valence-electron chi connectivity index (χ1n) is 10.2. The largest absolute Gasteiger partial charge is 0.324 e. The summed E-state index contributed by atoms with van der Waals surface area (Å²) >= 11 is 0. The fourth-order valence-corrected chi connectivity index (χ4v) is 3.97. The quantitative estimate of drug-likeness (QED) is 0.461. The van der Waals surface area contributed by atoms with Crippen molar-refractivity contribution in [1.82, 2.24) is 19.6 Å². The maximum Gasteiger partial charge on any atom is 0.256 e. The molecule has 1 unspecified atom stereocenters. The minimum Gasteiger partial charge on any atom is -0.324 e. The molecule has 9 heteroatoms. The van der Waals surface area contributed by atoms with Crippen LogP contribution in [0.25, 0.3) is 0 Å². The van der Waals surface area contributed by atoms with Crippen LogP contribution in [-0.2, 0) is 11.0 Å². The molecule has 3 rings (SSSR count). The summed E-state index contributed by atoms with van der Waals surface area (Å²) in [5.74, 6) is 0.181. The highest BCUT2D eigenvalue weighted by atomic mass is 32.2. The van der Waals surface area contributed by atoms with Crippen molar-refractivity contribution in [2.24, 2.45) is 0 Å². The van der Waals surface area contributed by atoms with E-state index in [0.717, 1.165) is 23.4 Å². The molecule has 0 saturated carbocycles. The first kappa shape index (κ1) is 23.5. The van der Waals surface area contributed by atoms with Gasteiger partial charge in [0.25, 0.3) is 5.91 Å². The van der Waals surface area contributed by atoms with E-state index in [-0.39, 0.29) is 5.91 Å². The number of aromatic nitrogens is 2. The van der Waals surface area contributed by atoms with Gasteiger partial charge in [0.05, 0.1) is 23.0 Å². The molecule has 8 nitrogen and oxygen atoms in total. The number of carbonyl (C=O) groups is 1. The Labute approximate surface area is 191 Å². The lowest BCUT2D eigenvalue weighted by molar-refractivity contribution is 0.102. The van der Waals surface area contributed by atoms with E-state index >= 15 is 0 Å². The van der Waals surface area contributed by atoms with Crippen molar-refractivity contribution in [1.29, 1.82) is 0 Å². The van der Waals surface area contributed by atoms with E-state index in [2.05, 4.69) is 25.3 Å². The topological polar surface area (TPSA) is 99.2 Å². The molecule has 168 valence electrons. The molecule has 1 atom stereocenters. The minimum atomic E-state index is -1.31. The van der Waals surface area contributed by atoms with Crippen molar-refractivity contribution in [3.05, 3.63) is 71.5 Å². The molecule has 0 saturated heterocycles. The molecule has 0 aliphatic heterocycles. The van der Waals surface area contributed by atoms with Crippen LogP contribution in [0.3, 0.4) is 0 Å². The van der Waals surface area contributed by atoms with Crippen LogP contribution in [0, 0.1) is 13.8 Å². The van der Waals surface area contributed by atoms with Gasteiger partial charge < -0.3 is 15.5 Å². The molecule has 0 bridgehead atoms. The standard InChI is InChI=1S/C23H28N6O2S/c1-16-7-5-8-17(2)21(16)22(30)27-19-14-24-23(25-15-19)28-18-9-6-10-20(13-18)32(31)26-11-12-29(3)4/h5-10,13-15,26H,11-12H2,1-4H3,(H,27,30)(H,24,25,28). The molecule has 1 heterocycles. The Kier molecular flexibility index (Phi) is 8.04. The number of nitrogens with zero attached hydrogens (tertiary/aromatic N) is 3. The van der Waals surface area contributed by atoms with Crippen LogP contribution in [0.2, 0.25) is 0 Å². The fourth-order valence-electron chi connectivity index (χ4n) is 3.09. The number of hydrogen-bond acceptors (Lipinski definition) is 6. The third kappa shape index (κ3) is 6.43. The number of benzene rings is 2. The summed E-state index contributed by atoms with van der Waals surface area (Å²) < 4.78 is 15.4. The second-order valence-corrected chi connectivity index (χ2v) is 8.93. The number of hydrogen-bond donors (Lipinski definition) is 3. The molecule has 0 fully saturated rings. The van der Waals surface area contributed by atoms with Crippen molar-refractivity contribution in [2.75, 3.05) is 37.8 Å². The molecule has 1 aromatic heterocycles. The van der Waals surface area contributed by atoms with Crippen molar-refractivity contribution < 1.29 is 9.00 Å². The van der Waals surface area contributed by atoms with Gasteiger partial charge in [-0.25, -0.2) is 18.9 Å². The van der Waals surface area contributed by atoms with Gasteiger partial charge in [0, 0.05) is 24.3 Å². The van der Waals surface area contributed by atoms with Crippen LogP contribution >= 0.6 is 0 Å². The molecule has 3 aromatic rings. The SMILES string of the molecule is Cc1cccc(C)c1C(=O)Nc1cnc(Nc2cccc(S(=O)NCCN(C)C)c2)nc1. The highest BCUT2D eigenvalue weighted by Crippen LogP contribution is 2.18. The first-order chi connectivity index (χ1) is 15.3. The highest BCUT2D eigenvalue weighted by Gasteiger charge is 2.12. The van der Waals surface area contributed by atoms with E-state index in [9.17, 15) is 9.00 Å². The van der Waals surface area contributed by atoms with Crippen LogP contribution < -0.4 is 15.4 Å². The molecule has 0 aliphatic carbocycles. The number of nitrogens with one attached hydrogen (secondary N) is 3. The molecular formula is C23H28N6O2S. The molecule has 0 radical (unpaired) electrons. The molecular weight excluding hydrogens is 424 g/mol. The zero-order valence-electron chi connectivity index (χ0n) is 18.7. The minimum absolute atomic E-state index is 0.193. The molecule has 0 aliphatic rings. The van der Waals surface area contributed by atoms with Gasteiger partial charge in [0.1, 0.15) is 11.0 Å².